The maximum absolute atomic E-state index is 13.0. The quantitative estimate of drug-likeness (QED) is 0.334. The maximum Gasteiger partial charge on any atom is 0.237 e. The van der Waals surface area contributed by atoms with Crippen molar-refractivity contribution in [1.29, 1.82) is 0 Å². The van der Waals surface area contributed by atoms with Gasteiger partial charge in [0.1, 0.15) is 5.82 Å². The van der Waals surface area contributed by atoms with Gasteiger partial charge in [0.2, 0.25) is 5.91 Å². The molecule has 0 fully saturated rings. The van der Waals surface area contributed by atoms with Crippen molar-refractivity contribution in [3.8, 4) is 0 Å². The Morgan fingerprint density at radius 2 is 1.77 bits per heavy atom. The number of unbranched alkanes of at least 4 members (excludes halogenated alkanes) is 1. The molecule has 5 heteroatoms. The molecular formula is C30H26N4O. The van der Waals surface area contributed by atoms with E-state index < -0.39 is 5.41 Å². The van der Waals surface area contributed by atoms with Gasteiger partial charge in [0.25, 0.3) is 0 Å². The number of benzene rings is 2. The number of aryl methyl sites for hydroxylation is 2. The number of fused-ring (bicyclic) bond motifs is 5. The van der Waals surface area contributed by atoms with Crippen molar-refractivity contribution in [3.05, 3.63) is 101 Å². The molecule has 2 aliphatic rings. The average Bonchev–Trinajstić information content (AvgIpc) is 3.54. The number of aromatic nitrogens is 3. The second-order valence-corrected chi connectivity index (χ2v) is 9.97. The van der Waals surface area contributed by atoms with Crippen LogP contribution in [0.4, 0.5) is 5.82 Å². The standard InChI is InChI=1S/C30H26N4O/c35-29-30(25-9-5-13-31-28(25)34-29)16-21-14-19-11-12-23(33-27(19)15-22(21)17-30)7-2-1-6-20-18-32-26-10-4-3-8-24(20)26/h3-5,8-15,18,32H,1-2,6-7,16-17H2,(H,31,34,35). The molecule has 5 aromatic rings. The first-order valence-electron chi connectivity index (χ1n) is 12.4. The van der Waals surface area contributed by atoms with Crippen LogP contribution < -0.4 is 5.32 Å². The maximum atomic E-state index is 13.0. The molecule has 1 spiro atoms. The highest BCUT2D eigenvalue weighted by molar-refractivity contribution is 6.06. The molecule has 0 saturated heterocycles. The summed E-state index contributed by atoms with van der Waals surface area (Å²) in [5.41, 5.74) is 7.73. The normalized spacial score (nSPS) is 18.3. The van der Waals surface area contributed by atoms with Crippen molar-refractivity contribution in [3.63, 3.8) is 0 Å². The van der Waals surface area contributed by atoms with Crippen molar-refractivity contribution in [2.45, 2.75) is 43.9 Å². The van der Waals surface area contributed by atoms with E-state index in [0.717, 1.165) is 54.3 Å². The molecule has 0 radical (unpaired) electrons. The Hall–Kier alpha value is -3.99. The number of aromatic amines is 1. The van der Waals surface area contributed by atoms with Crippen LogP contribution >= 0.6 is 0 Å². The molecule has 1 aliphatic heterocycles. The Balaban J connectivity index is 1.08. The number of hydrogen-bond acceptors (Lipinski definition) is 3. The fourth-order valence-electron chi connectivity index (χ4n) is 6.04. The van der Waals surface area contributed by atoms with E-state index in [9.17, 15) is 4.79 Å². The smallest absolute Gasteiger partial charge is 0.237 e. The van der Waals surface area contributed by atoms with E-state index in [-0.39, 0.29) is 5.91 Å². The third-order valence-electron chi connectivity index (χ3n) is 7.85. The Labute approximate surface area is 203 Å². The number of para-hydroxylation sites is 1. The van der Waals surface area contributed by atoms with Crippen LogP contribution in [0, 0.1) is 0 Å². The number of nitrogens with zero attached hydrogens (tertiary/aromatic N) is 2. The Kier molecular flexibility index (Phi) is 4.53. The zero-order chi connectivity index (χ0) is 23.4. The van der Waals surface area contributed by atoms with E-state index >= 15 is 0 Å². The minimum absolute atomic E-state index is 0.0651. The number of pyridine rings is 2. The van der Waals surface area contributed by atoms with Gasteiger partial charge in [-0.3, -0.25) is 9.78 Å². The van der Waals surface area contributed by atoms with Crippen LogP contribution in [-0.2, 0) is 35.9 Å². The third kappa shape index (κ3) is 3.26. The van der Waals surface area contributed by atoms with Crippen LogP contribution in [0.3, 0.4) is 0 Å². The lowest BCUT2D eigenvalue weighted by Crippen LogP contribution is -2.35. The topological polar surface area (TPSA) is 70.7 Å². The van der Waals surface area contributed by atoms with Crippen LogP contribution in [0.15, 0.2) is 73.1 Å². The molecule has 1 atom stereocenters. The van der Waals surface area contributed by atoms with E-state index in [4.69, 9.17) is 4.98 Å². The van der Waals surface area contributed by atoms with E-state index in [0.29, 0.717) is 12.2 Å². The van der Waals surface area contributed by atoms with Crippen LogP contribution in [0.1, 0.15) is 40.8 Å². The number of anilines is 1. The summed E-state index contributed by atoms with van der Waals surface area (Å²) in [6, 6.07) is 21.2. The molecule has 4 heterocycles. The highest BCUT2D eigenvalue weighted by Crippen LogP contribution is 2.47. The van der Waals surface area contributed by atoms with Gasteiger partial charge in [0.15, 0.2) is 0 Å². The third-order valence-corrected chi connectivity index (χ3v) is 7.85. The molecule has 2 aromatic carbocycles. The number of rotatable bonds is 5. The number of nitrogens with one attached hydrogen (secondary N) is 2. The number of carbonyl (C=O) groups is 1. The van der Waals surface area contributed by atoms with Crippen molar-refractivity contribution in [2.24, 2.45) is 0 Å². The predicted octanol–water partition coefficient (Wildman–Crippen LogP) is 5.67. The van der Waals surface area contributed by atoms with Gasteiger partial charge in [-0.2, -0.15) is 0 Å². The lowest BCUT2D eigenvalue weighted by atomic mass is 9.79. The van der Waals surface area contributed by atoms with Gasteiger partial charge in [0.05, 0.1) is 10.9 Å². The summed E-state index contributed by atoms with van der Waals surface area (Å²) in [4.78, 5) is 25.8. The first-order valence-corrected chi connectivity index (χ1v) is 12.4. The Morgan fingerprint density at radius 3 is 2.71 bits per heavy atom. The molecule has 1 unspecified atom stereocenters. The van der Waals surface area contributed by atoms with Crippen LogP contribution in [-0.4, -0.2) is 20.9 Å². The largest absolute Gasteiger partial charge is 0.361 e. The van der Waals surface area contributed by atoms with Crippen molar-refractivity contribution in [1.82, 2.24) is 15.0 Å². The van der Waals surface area contributed by atoms with Gasteiger partial charge >= 0.3 is 0 Å². The highest BCUT2D eigenvalue weighted by Gasteiger charge is 2.51. The van der Waals surface area contributed by atoms with Crippen molar-refractivity contribution < 1.29 is 4.79 Å². The number of amides is 1. The molecule has 3 aromatic heterocycles. The first-order chi connectivity index (χ1) is 17.2. The van der Waals surface area contributed by atoms with Gasteiger partial charge in [-0.1, -0.05) is 30.3 Å². The number of carbonyl (C=O) groups excluding carboxylic acids is 1. The molecule has 0 saturated carbocycles. The average molecular weight is 459 g/mol. The second-order valence-electron chi connectivity index (χ2n) is 9.97. The van der Waals surface area contributed by atoms with Gasteiger partial charge in [0, 0.05) is 39.9 Å². The summed E-state index contributed by atoms with van der Waals surface area (Å²) in [7, 11) is 0. The van der Waals surface area contributed by atoms with E-state index in [2.05, 4.69) is 70.0 Å². The summed E-state index contributed by atoms with van der Waals surface area (Å²) in [5, 5.41) is 5.47. The molecule has 5 nitrogen and oxygen atoms in total. The molecule has 172 valence electrons. The molecule has 0 bridgehead atoms. The van der Waals surface area contributed by atoms with Gasteiger partial charge in [-0.05, 0) is 85.5 Å². The van der Waals surface area contributed by atoms with Crippen LogP contribution in [0.5, 0.6) is 0 Å². The van der Waals surface area contributed by atoms with Crippen LogP contribution in [0.2, 0.25) is 0 Å². The fraction of sp³-hybridized carbons (Fsp3) is 0.233. The van der Waals surface area contributed by atoms with Gasteiger partial charge in [-0.25, -0.2) is 4.98 Å². The molecule has 35 heavy (non-hydrogen) atoms. The molecular weight excluding hydrogens is 432 g/mol. The summed E-state index contributed by atoms with van der Waals surface area (Å²) < 4.78 is 0. The number of H-pyrrole nitrogens is 1. The Morgan fingerprint density at radius 1 is 0.914 bits per heavy atom. The Bertz CT molecular complexity index is 1620. The summed E-state index contributed by atoms with van der Waals surface area (Å²) in [6.07, 6.45) is 9.60. The summed E-state index contributed by atoms with van der Waals surface area (Å²) >= 11 is 0. The summed E-state index contributed by atoms with van der Waals surface area (Å²) in [5.74, 6) is 0.776. The molecule has 2 N–H and O–H groups in total. The second kappa shape index (κ2) is 7.77. The van der Waals surface area contributed by atoms with Crippen LogP contribution in [0.25, 0.3) is 21.8 Å². The zero-order valence-electron chi connectivity index (χ0n) is 19.5. The van der Waals surface area contributed by atoms with E-state index in [1.165, 1.54) is 27.6 Å². The minimum atomic E-state index is -0.533. The first kappa shape index (κ1) is 20.4. The van der Waals surface area contributed by atoms with Crippen molar-refractivity contribution in [2.75, 3.05) is 5.32 Å². The van der Waals surface area contributed by atoms with E-state index in [1.54, 1.807) is 6.20 Å². The molecule has 7 rings (SSSR count). The van der Waals surface area contributed by atoms with Crippen molar-refractivity contribution >= 4 is 33.5 Å². The molecule has 1 amide bonds. The highest BCUT2D eigenvalue weighted by atomic mass is 16.2. The minimum Gasteiger partial charge on any atom is -0.361 e. The summed E-state index contributed by atoms with van der Waals surface area (Å²) in [6.45, 7) is 0. The van der Waals surface area contributed by atoms with E-state index in [1.807, 2.05) is 12.1 Å². The monoisotopic (exact) mass is 458 g/mol. The SMILES string of the molecule is O=C1Nc2ncccc2C12Cc1cc3ccc(CCCCc4c[nH]c5ccccc45)nc3cc1C2. The lowest BCUT2D eigenvalue weighted by molar-refractivity contribution is -0.120. The number of hydrogen-bond donors (Lipinski definition) is 2. The molecule has 1 aliphatic carbocycles. The van der Waals surface area contributed by atoms with Gasteiger partial charge < -0.3 is 10.3 Å². The lowest BCUT2D eigenvalue weighted by Gasteiger charge is -2.20. The fourth-order valence-corrected chi connectivity index (χ4v) is 6.04. The van der Waals surface area contributed by atoms with Gasteiger partial charge in [-0.15, -0.1) is 0 Å². The zero-order valence-corrected chi connectivity index (χ0v) is 19.5. The predicted molar refractivity (Wildman–Crippen MR) is 139 cm³/mol.